The molecule has 3 heteroatoms. The summed E-state index contributed by atoms with van der Waals surface area (Å²) < 4.78 is 5.10. The number of rotatable bonds is 7. The second-order valence-electron chi connectivity index (χ2n) is 3.28. The predicted octanol–water partition coefficient (Wildman–Crippen LogP) is 2.15. The van der Waals surface area contributed by atoms with E-state index in [9.17, 15) is 0 Å². The van der Waals surface area contributed by atoms with Crippen molar-refractivity contribution < 1.29 is 4.74 Å². The molecule has 0 spiro atoms. The van der Waals surface area contributed by atoms with Crippen LogP contribution in [0.1, 0.15) is 5.56 Å². The van der Waals surface area contributed by atoms with Crippen molar-refractivity contribution in [1.82, 2.24) is 5.32 Å². The van der Waals surface area contributed by atoms with Crippen molar-refractivity contribution in [1.29, 1.82) is 0 Å². The molecule has 1 rings (SSSR count). The van der Waals surface area contributed by atoms with Crippen molar-refractivity contribution in [3.05, 3.63) is 29.8 Å². The third kappa shape index (κ3) is 5.11. The van der Waals surface area contributed by atoms with Gasteiger partial charge in [0, 0.05) is 18.8 Å². The smallest absolute Gasteiger partial charge is 0.118 e. The van der Waals surface area contributed by atoms with E-state index in [1.165, 1.54) is 5.56 Å². The van der Waals surface area contributed by atoms with Gasteiger partial charge in [0.2, 0.25) is 0 Å². The molecule has 0 aromatic heterocycles. The number of nitrogens with one attached hydrogen (secondary N) is 1. The van der Waals surface area contributed by atoms with Gasteiger partial charge in [0.15, 0.2) is 0 Å². The van der Waals surface area contributed by atoms with E-state index < -0.39 is 0 Å². The highest BCUT2D eigenvalue weighted by atomic mass is 32.2. The zero-order valence-corrected chi connectivity index (χ0v) is 10.3. The lowest BCUT2D eigenvalue weighted by Gasteiger charge is -2.05. The number of terminal acetylenes is 1. The Bertz CT molecular complexity index is 329. The minimum atomic E-state index is 0.796. The van der Waals surface area contributed by atoms with Crippen LogP contribution in [0.5, 0.6) is 5.75 Å². The number of methoxy groups -OCH3 is 1. The Balaban J connectivity index is 2.15. The summed E-state index contributed by atoms with van der Waals surface area (Å²) >= 11 is 1.78. The van der Waals surface area contributed by atoms with Crippen molar-refractivity contribution in [3.63, 3.8) is 0 Å². The standard InChI is InChI=1S/C13H17NOS/c1-3-9-16-10-8-14-11-12-4-6-13(15-2)7-5-12/h1,4-7,14H,8-11H2,2H3. The second kappa shape index (κ2) is 8.09. The molecule has 0 saturated heterocycles. The summed E-state index contributed by atoms with van der Waals surface area (Å²) in [4.78, 5) is 0. The van der Waals surface area contributed by atoms with Crippen molar-refractivity contribution in [2.75, 3.05) is 25.2 Å². The summed E-state index contributed by atoms with van der Waals surface area (Å²) in [6, 6.07) is 8.09. The number of thioether (sulfide) groups is 1. The van der Waals surface area contributed by atoms with Gasteiger partial charge in [-0.05, 0) is 17.7 Å². The van der Waals surface area contributed by atoms with Gasteiger partial charge in [-0.3, -0.25) is 0 Å². The van der Waals surface area contributed by atoms with Crippen LogP contribution in [0.25, 0.3) is 0 Å². The van der Waals surface area contributed by atoms with E-state index in [0.29, 0.717) is 0 Å². The second-order valence-corrected chi connectivity index (χ2v) is 4.39. The Morgan fingerprint density at radius 1 is 1.38 bits per heavy atom. The minimum Gasteiger partial charge on any atom is -0.497 e. The fourth-order valence-corrected chi connectivity index (χ4v) is 1.80. The van der Waals surface area contributed by atoms with E-state index in [-0.39, 0.29) is 0 Å². The molecule has 0 fully saturated rings. The highest BCUT2D eigenvalue weighted by Crippen LogP contribution is 2.10. The molecular formula is C13H17NOS. The fraction of sp³-hybridized carbons (Fsp3) is 0.385. The van der Waals surface area contributed by atoms with Crippen LogP contribution in [-0.4, -0.2) is 25.2 Å². The van der Waals surface area contributed by atoms with Gasteiger partial charge >= 0.3 is 0 Å². The van der Waals surface area contributed by atoms with Crippen molar-refractivity contribution in [2.24, 2.45) is 0 Å². The molecule has 0 atom stereocenters. The summed E-state index contributed by atoms with van der Waals surface area (Å²) in [5.74, 6) is 5.36. The molecule has 16 heavy (non-hydrogen) atoms. The lowest BCUT2D eigenvalue weighted by Crippen LogP contribution is -2.16. The fourth-order valence-electron chi connectivity index (χ4n) is 1.25. The average Bonchev–Trinajstić information content (AvgIpc) is 2.34. The van der Waals surface area contributed by atoms with E-state index in [1.807, 2.05) is 12.1 Å². The molecule has 0 saturated carbocycles. The third-order valence-electron chi connectivity index (χ3n) is 2.10. The SMILES string of the molecule is C#CCSCCNCc1ccc(OC)cc1. The van der Waals surface area contributed by atoms with Gasteiger partial charge < -0.3 is 10.1 Å². The first-order valence-electron chi connectivity index (χ1n) is 5.21. The molecule has 0 heterocycles. The van der Waals surface area contributed by atoms with E-state index in [1.54, 1.807) is 18.9 Å². The van der Waals surface area contributed by atoms with Crippen LogP contribution in [0.4, 0.5) is 0 Å². The Morgan fingerprint density at radius 2 is 2.12 bits per heavy atom. The van der Waals surface area contributed by atoms with Crippen molar-refractivity contribution in [2.45, 2.75) is 6.54 Å². The first-order chi connectivity index (χ1) is 7.86. The van der Waals surface area contributed by atoms with Gasteiger partial charge in [0.1, 0.15) is 5.75 Å². The molecule has 0 bridgehead atoms. The first-order valence-corrected chi connectivity index (χ1v) is 6.37. The number of benzene rings is 1. The van der Waals surface area contributed by atoms with Crippen molar-refractivity contribution in [3.8, 4) is 18.1 Å². The van der Waals surface area contributed by atoms with Crippen LogP contribution >= 0.6 is 11.8 Å². The van der Waals surface area contributed by atoms with E-state index in [0.717, 1.165) is 30.3 Å². The molecule has 2 nitrogen and oxygen atoms in total. The van der Waals surface area contributed by atoms with Gasteiger partial charge in [0.05, 0.1) is 12.9 Å². The Morgan fingerprint density at radius 3 is 2.75 bits per heavy atom. The highest BCUT2D eigenvalue weighted by molar-refractivity contribution is 7.99. The molecule has 0 radical (unpaired) electrons. The van der Waals surface area contributed by atoms with Crippen LogP contribution in [0.15, 0.2) is 24.3 Å². The van der Waals surface area contributed by atoms with Gasteiger partial charge in [-0.15, -0.1) is 18.2 Å². The molecule has 0 unspecified atom stereocenters. The molecule has 1 aromatic rings. The molecule has 86 valence electrons. The summed E-state index contributed by atoms with van der Waals surface area (Å²) in [5, 5.41) is 3.37. The van der Waals surface area contributed by atoms with Crippen LogP contribution in [0.3, 0.4) is 0 Å². The third-order valence-corrected chi connectivity index (χ3v) is 2.96. The highest BCUT2D eigenvalue weighted by Gasteiger charge is 1.94. The summed E-state index contributed by atoms with van der Waals surface area (Å²) in [6.45, 7) is 1.87. The van der Waals surface area contributed by atoms with Gasteiger partial charge in [-0.25, -0.2) is 0 Å². The lowest BCUT2D eigenvalue weighted by molar-refractivity contribution is 0.414. The maximum Gasteiger partial charge on any atom is 0.118 e. The molecule has 0 aliphatic heterocycles. The lowest BCUT2D eigenvalue weighted by atomic mass is 10.2. The predicted molar refractivity (Wildman–Crippen MR) is 70.9 cm³/mol. The van der Waals surface area contributed by atoms with Crippen LogP contribution < -0.4 is 10.1 Å². The Kier molecular flexibility index (Phi) is 6.55. The largest absolute Gasteiger partial charge is 0.497 e. The quantitative estimate of drug-likeness (QED) is 0.578. The Hall–Kier alpha value is -1.11. The number of hydrogen-bond donors (Lipinski definition) is 1. The zero-order chi connectivity index (χ0) is 11.6. The normalized spacial score (nSPS) is 9.75. The molecule has 1 aromatic carbocycles. The summed E-state index contributed by atoms with van der Waals surface area (Å²) in [5.41, 5.74) is 1.27. The minimum absolute atomic E-state index is 0.796. The van der Waals surface area contributed by atoms with Crippen LogP contribution in [0, 0.1) is 12.3 Å². The number of hydrogen-bond acceptors (Lipinski definition) is 3. The van der Waals surface area contributed by atoms with Crippen molar-refractivity contribution >= 4 is 11.8 Å². The van der Waals surface area contributed by atoms with E-state index in [4.69, 9.17) is 11.2 Å². The molecule has 1 N–H and O–H groups in total. The van der Waals surface area contributed by atoms with Gasteiger partial charge in [0.25, 0.3) is 0 Å². The maximum atomic E-state index is 5.16. The van der Waals surface area contributed by atoms with Gasteiger partial charge in [-0.2, -0.15) is 0 Å². The van der Waals surface area contributed by atoms with Crippen LogP contribution in [-0.2, 0) is 6.54 Å². The summed E-state index contributed by atoms with van der Waals surface area (Å²) in [7, 11) is 1.68. The first kappa shape index (κ1) is 13.0. The average molecular weight is 235 g/mol. The molecule has 0 aliphatic carbocycles. The van der Waals surface area contributed by atoms with E-state index >= 15 is 0 Å². The van der Waals surface area contributed by atoms with E-state index in [2.05, 4.69) is 23.4 Å². The zero-order valence-electron chi connectivity index (χ0n) is 9.53. The molecular weight excluding hydrogens is 218 g/mol. The Labute approximate surface area is 102 Å². The van der Waals surface area contributed by atoms with Gasteiger partial charge in [-0.1, -0.05) is 18.1 Å². The maximum absolute atomic E-state index is 5.16. The molecule has 0 aliphatic rings. The number of ether oxygens (including phenoxy) is 1. The molecule has 0 amide bonds. The summed E-state index contributed by atoms with van der Waals surface area (Å²) in [6.07, 6.45) is 5.16. The monoisotopic (exact) mass is 235 g/mol. The van der Waals surface area contributed by atoms with Crippen LogP contribution in [0.2, 0.25) is 0 Å². The topological polar surface area (TPSA) is 21.3 Å².